The van der Waals surface area contributed by atoms with Gasteiger partial charge in [-0.2, -0.15) is 4.72 Å². The Morgan fingerprint density at radius 3 is 2.40 bits per heavy atom. The van der Waals surface area contributed by atoms with Crippen molar-refractivity contribution in [2.75, 3.05) is 0 Å². The van der Waals surface area contributed by atoms with Crippen molar-refractivity contribution in [2.45, 2.75) is 50.0 Å². The third-order valence-electron chi connectivity index (χ3n) is 3.83. The number of aryl methyl sites for hydroxylation is 2. The average Bonchev–Trinajstić information content (AvgIpc) is 2.81. The molecule has 110 valence electrons. The van der Waals surface area contributed by atoms with E-state index in [2.05, 4.69) is 4.72 Å². The van der Waals surface area contributed by atoms with Crippen LogP contribution in [-0.2, 0) is 14.8 Å². The Morgan fingerprint density at radius 2 is 1.85 bits per heavy atom. The Hall–Kier alpha value is -1.40. The van der Waals surface area contributed by atoms with E-state index in [1.54, 1.807) is 26.0 Å². The van der Waals surface area contributed by atoms with Crippen LogP contribution in [0.25, 0.3) is 0 Å². The number of aliphatic carboxylic acids is 1. The predicted molar refractivity (Wildman–Crippen MR) is 75.1 cm³/mol. The van der Waals surface area contributed by atoms with Crippen molar-refractivity contribution in [3.8, 4) is 0 Å². The second-order valence-electron chi connectivity index (χ2n) is 5.47. The Kier molecular flexibility index (Phi) is 3.88. The van der Waals surface area contributed by atoms with E-state index >= 15 is 0 Å². The quantitative estimate of drug-likeness (QED) is 0.890. The van der Waals surface area contributed by atoms with E-state index in [1.807, 2.05) is 6.07 Å². The number of sulfonamides is 1. The van der Waals surface area contributed by atoms with Gasteiger partial charge in [-0.05, 0) is 43.9 Å². The van der Waals surface area contributed by atoms with Crippen LogP contribution in [0.15, 0.2) is 23.1 Å². The fourth-order valence-electron chi connectivity index (χ4n) is 2.65. The van der Waals surface area contributed by atoms with Crippen LogP contribution < -0.4 is 4.72 Å². The summed E-state index contributed by atoms with van der Waals surface area (Å²) in [6.07, 6.45) is 2.13. The highest BCUT2D eigenvalue weighted by atomic mass is 32.2. The topological polar surface area (TPSA) is 83.5 Å². The summed E-state index contributed by atoms with van der Waals surface area (Å²) < 4.78 is 27.4. The normalized spacial score (nSPS) is 18.1. The maximum Gasteiger partial charge on any atom is 0.324 e. The number of hydrogen-bond donors (Lipinski definition) is 2. The molecule has 0 heterocycles. The molecule has 0 spiro atoms. The molecule has 0 atom stereocenters. The van der Waals surface area contributed by atoms with Gasteiger partial charge in [-0.3, -0.25) is 4.79 Å². The van der Waals surface area contributed by atoms with Gasteiger partial charge >= 0.3 is 5.97 Å². The first-order valence-electron chi connectivity index (χ1n) is 6.61. The summed E-state index contributed by atoms with van der Waals surface area (Å²) in [5.41, 5.74) is 0.0862. The Balaban J connectivity index is 2.40. The number of rotatable bonds is 4. The lowest BCUT2D eigenvalue weighted by Crippen LogP contribution is -2.52. The highest BCUT2D eigenvalue weighted by molar-refractivity contribution is 7.89. The molecule has 1 aromatic carbocycles. The molecule has 0 aromatic heterocycles. The molecule has 1 aromatic rings. The third-order valence-corrected chi connectivity index (χ3v) is 5.51. The molecule has 20 heavy (non-hydrogen) atoms. The summed E-state index contributed by atoms with van der Waals surface area (Å²) in [4.78, 5) is 11.6. The third kappa shape index (κ3) is 2.71. The van der Waals surface area contributed by atoms with Gasteiger partial charge in [0.1, 0.15) is 5.54 Å². The minimum absolute atomic E-state index is 0.157. The summed E-state index contributed by atoms with van der Waals surface area (Å²) in [5.74, 6) is -1.09. The molecule has 5 nitrogen and oxygen atoms in total. The van der Waals surface area contributed by atoms with Gasteiger partial charge in [0.2, 0.25) is 10.0 Å². The molecule has 1 fully saturated rings. The lowest BCUT2D eigenvalue weighted by atomic mass is 10.0. The van der Waals surface area contributed by atoms with Crippen LogP contribution in [0, 0.1) is 13.8 Å². The van der Waals surface area contributed by atoms with Crippen LogP contribution in [-0.4, -0.2) is 25.0 Å². The van der Waals surface area contributed by atoms with Gasteiger partial charge in [0.05, 0.1) is 4.90 Å². The number of benzene rings is 1. The van der Waals surface area contributed by atoms with E-state index in [-0.39, 0.29) is 4.90 Å². The fourth-order valence-corrected chi connectivity index (χ4v) is 4.40. The fraction of sp³-hybridized carbons (Fsp3) is 0.500. The van der Waals surface area contributed by atoms with Gasteiger partial charge in [0, 0.05) is 0 Å². The molecule has 0 bridgehead atoms. The second kappa shape index (κ2) is 5.18. The van der Waals surface area contributed by atoms with Gasteiger partial charge in [-0.25, -0.2) is 8.42 Å². The predicted octanol–water partition coefficient (Wildman–Crippen LogP) is 1.98. The molecule has 0 saturated heterocycles. The van der Waals surface area contributed by atoms with Crippen LogP contribution >= 0.6 is 0 Å². The molecule has 1 aliphatic carbocycles. The zero-order chi connectivity index (χ0) is 15.0. The minimum atomic E-state index is -3.83. The maximum atomic E-state index is 12.5. The smallest absolute Gasteiger partial charge is 0.324 e. The number of carbonyl (C=O) groups is 1. The van der Waals surface area contributed by atoms with Crippen LogP contribution in [0.2, 0.25) is 0 Å². The van der Waals surface area contributed by atoms with Crippen molar-refractivity contribution in [3.63, 3.8) is 0 Å². The molecular weight excluding hydrogens is 278 g/mol. The van der Waals surface area contributed by atoms with Crippen molar-refractivity contribution in [1.29, 1.82) is 0 Å². The van der Waals surface area contributed by atoms with Crippen LogP contribution in [0.3, 0.4) is 0 Å². The van der Waals surface area contributed by atoms with Crippen LogP contribution in [0.1, 0.15) is 36.8 Å². The summed E-state index contributed by atoms with van der Waals surface area (Å²) in [5, 5.41) is 9.37. The Bertz CT molecular complexity index is 631. The Labute approximate surface area is 119 Å². The first kappa shape index (κ1) is 15.0. The first-order chi connectivity index (χ1) is 9.27. The highest BCUT2D eigenvalue weighted by Crippen LogP contribution is 2.32. The number of carboxylic acids is 1. The number of hydrogen-bond acceptors (Lipinski definition) is 3. The monoisotopic (exact) mass is 297 g/mol. The van der Waals surface area contributed by atoms with Gasteiger partial charge in [0.15, 0.2) is 0 Å². The van der Waals surface area contributed by atoms with Crippen LogP contribution in [0.4, 0.5) is 0 Å². The van der Waals surface area contributed by atoms with Gasteiger partial charge in [-0.15, -0.1) is 0 Å². The lowest BCUT2D eigenvalue weighted by molar-refractivity contribution is -0.143. The second-order valence-corrected chi connectivity index (χ2v) is 7.12. The zero-order valence-corrected chi connectivity index (χ0v) is 12.5. The summed E-state index contributed by atoms with van der Waals surface area (Å²) in [7, 11) is -3.83. The molecule has 2 N–H and O–H groups in total. The molecule has 0 aliphatic heterocycles. The van der Waals surface area contributed by atoms with Crippen molar-refractivity contribution in [1.82, 2.24) is 4.72 Å². The van der Waals surface area contributed by atoms with Crippen molar-refractivity contribution in [2.24, 2.45) is 0 Å². The number of nitrogens with one attached hydrogen (secondary N) is 1. The molecule has 0 unspecified atom stereocenters. The summed E-state index contributed by atoms with van der Waals surface area (Å²) in [6.45, 7) is 3.51. The maximum absolute atomic E-state index is 12.5. The highest BCUT2D eigenvalue weighted by Gasteiger charge is 2.44. The van der Waals surface area contributed by atoms with Gasteiger partial charge in [-0.1, -0.05) is 25.0 Å². The van der Waals surface area contributed by atoms with Gasteiger partial charge < -0.3 is 5.11 Å². The molecule has 0 amide bonds. The standard InChI is InChI=1S/C14H19NO4S/c1-10-5-6-11(2)12(9-10)20(18,19)15-14(13(16)17)7-3-4-8-14/h5-6,9,15H,3-4,7-8H2,1-2H3,(H,16,17). The largest absolute Gasteiger partial charge is 0.480 e. The van der Waals surface area contributed by atoms with E-state index in [9.17, 15) is 18.3 Å². The average molecular weight is 297 g/mol. The zero-order valence-electron chi connectivity index (χ0n) is 11.6. The molecule has 2 rings (SSSR count). The first-order valence-corrected chi connectivity index (χ1v) is 8.10. The summed E-state index contributed by atoms with van der Waals surface area (Å²) in [6, 6.07) is 5.13. The van der Waals surface area contributed by atoms with E-state index in [0.29, 0.717) is 18.4 Å². The van der Waals surface area contributed by atoms with Crippen molar-refractivity contribution < 1.29 is 18.3 Å². The molecule has 1 aliphatic rings. The van der Waals surface area contributed by atoms with Crippen molar-refractivity contribution in [3.05, 3.63) is 29.3 Å². The molecular formula is C14H19NO4S. The minimum Gasteiger partial charge on any atom is -0.480 e. The van der Waals surface area contributed by atoms with E-state index in [4.69, 9.17) is 0 Å². The van der Waals surface area contributed by atoms with Gasteiger partial charge in [0.25, 0.3) is 0 Å². The number of carboxylic acid groups (broad SMARTS) is 1. The molecule has 0 radical (unpaired) electrons. The van der Waals surface area contributed by atoms with E-state index < -0.39 is 21.5 Å². The lowest BCUT2D eigenvalue weighted by Gasteiger charge is -2.25. The Morgan fingerprint density at radius 1 is 1.25 bits per heavy atom. The summed E-state index contributed by atoms with van der Waals surface area (Å²) >= 11 is 0. The van der Waals surface area contributed by atoms with E-state index in [0.717, 1.165) is 18.4 Å². The van der Waals surface area contributed by atoms with E-state index in [1.165, 1.54) is 0 Å². The molecule has 1 saturated carbocycles. The molecule has 6 heteroatoms. The van der Waals surface area contributed by atoms with Crippen LogP contribution in [0.5, 0.6) is 0 Å². The van der Waals surface area contributed by atoms with Crippen molar-refractivity contribution >= 4 is 16.0 Å². The SMILES string of the molecule is Cc1ccc(C)c(S(=O)(=O)NC2(C(=O)O)CCCC2)c1.